The Balaban J connectivity index is 1.98. The monoisotopic (exact) mass is 239 g/mol. The van der Waals surface area contributed by atoms with E-state index in [1.807, 2.05) is 41.1 Å². The normalized spacial score (nSPS) is 10.9. The van der Waals surface area contributed by atoms with Crippen LogP contribution in [-0.2, 0) is 6.42 Å². The quantitative estimate of drug-likeness (QED) is 0.720. The van der Waals surface area contributed by atoms with E-state index in [1.54, 1.807) is 12.1 Å². The lowest BCUT2D eigenvalue weighted by atomic mass is 10.1. The number of nitrogen functional groups attached to an aromatic ring is 1. The number of hydrogen-bond acceptors (Lipinski definition) is 3. The second-order valence-electron chi connectivity index (χ2n) is 4.27. The molecule has 0 aliphatic heterocycles. The van der Waals surface area contributed by atoms with E-state index in [1.165, 1.54) is 0 Å². The van der Waals surface area contributed by atoms with Gasteiger partial charge in [0.1, 0.15) is 5.75 Å². The minimum absolute atomic E-state index is 0.274. The number of phenolic OH excluding ortho intramolecular Hbond substituents is 1. The van der Waals surface area contributed by atoms with Gasteiger partial charge in [-0.2, -0.15) is 0 Å². The van der Waals surface area contributed by atoms with Crippen LogP contribution >= 0.6 is 0 Å². The maximum Gasteiger partial charge on any atom is 0.160 e. The largest absolute Gasteiger partial charge is 0.508 e. The second-order valence-corrected chi connectivity index (χ2v) is 4.27. The Kier molecular flexibility index (Phi) is 2.41. The van der Waals surface area contributed by atoms with E-state index in [-0.39, 0.29) is 5.75 Å². The highest BCUT2D eigenvalue weighted by Gasteiger charge is 2.05. The Morgan fingerprint density at radius 1 is 1.22 bits per heavy atom. The van der Waals surface area contributed by atoms with Crippen LogP contribution in [0.1, 0.15) is 11.3 Å². The van der Waals surface area contributed by atoms with Crippen molar-refractivity contribution in [2.24, 2.45) is 0 Å². The summed E-state index contributed by atoms with van der Waals surface area (Å²) in [6.45, 7) is 0. The maximum absolute atomic E-state index is 9.43. The molecule has 0 aliphatic rings. The van der Waals surface area contributed by atoms with Gasteiger partial charge in [0.15, 0.2) is 5.65 Å². The molecule has 3 aromatic rings. The average molecular weight is 239 g/mol. The molecular weight excluding hydrogens is 226 g/mol. The molecule has 2 heterocycles. The number of pyridine rings is 1. The molecule has 3 N–H and O–H groups in total. The van der Waals surface area contributed by atoms with Crippen molar-refractivity contribution in [1.82, 2.24) is 9.38 Å². The number of nitrogens with two attached hydrogens (primary N) is 1. The van der Waals surface area contributed by atoms with E-state index < -0.39 is 0 Å². The predicted molar refractivity (Wildman–Crippen MR) is 70.5 cm³/mol. The van der Waals surface area contributed by atoms with Gasteiger partial charge in [-0.1, -0.05) is 12.1 Å². The average Bonchev–Trinajstić information content (AvgIpc) is 2.73. The number of nitrogens with zero attached hydrogens (tertiary/aromatic N) is 2. The van der Waals surface area contributed by atoms with E-state index in [0.29, 0.717) is 12.1 Å². The van der Waals surface area contributed by atoms with E-state index in [0.717, 1.165) is 16.9 Å². The topological polar surface area (TPSA) is 63.5 Å². The van der Waals surface area contributed by atoms with Gasteiger partial charge in [0.05, 0.1) is 11.4 Å². The van der Waals surface area contributed by atoms with Crippen LogP contribution in [0, 0.1) is 0 Å². The lowest BCUT2D eigenvalue weighted by Gasteiger charge is -1.98. The van der Waals surface area contributed by atoms with E-state index in [9.17, 15) is 5.11 Å². The molecule has 18 heavy (non-hydrogen) atoms. The standard InChI is InChI=1S/C14H13N3O/c15-13-5-2-6-17-9-11(16-14(13)17)7-10-3-1-4-12(18)8-10/h1-6,8-9,18H,7,15H2. The summed E-state index contributed by atoms with van der Waals surface area (Å²) in [5.74, 6) is 0.274. The van der Waals surface area contributed by atoms with Gasteiger partial charge in [-0.25, -0.2) is 4.98 Å². The molecule has 0 bridgehead atoms. The number of hydrogen-bond donors (Lipinski definition) is 2. The highest BCUT2D eigenvalue weighted by molar-refractivity contribution is 5.64. The first-order valence-corrected chi connectivity index (χ1v) is 5.72. The lowest BCUT2D eigenvalue weighted by molar-refractivity contribution is 0.474. The SMILES string of the molecule is Nc1cccn2cc(Cc3cccc(O)c3)nc12. The molecule has 3 rings (SSSR count). The second kappa shape index (κ2) is 4.07. The molecule has 0 saturated carbocycles. The van der Waals surface area contributed by atoms with Crippen molar-refractivity contribution in [2.45, 2.75) is 6.42 Å². The highest BCUT2D eigenvalue weighted by Crippen LogP contribution is 2.17. The summed E-state index contributed by atoms with van der Waals surface area (Å²) in [6.07, 6.45) is 4.55. The summed E-state index contributed by atoms with van der Waals surface area (Å²) in [5.41, 5.74) is 9.26. The number of aromatic nitrogens is 2. The van der Waals surface area contributed by atoms with E-state index in [4.69, 9.17) is 5.73 Å². The van der Waals surface area contributed by atoms with Crippen molar-refractivity contribution < 1.29 is 5.11 Å². The molecule has 0 aliphatic carbocycles. The van der Waals surface area contributed by atoms with Gasteiger partial charge in [0.2, 0.25) is 0 Å². The Hall–Kier alpha value is -2.49. The molecule has 4 heteroatoms. The molecule has 0 saturated heterocycles. The number of phenols is 1. The third-order valence-electron chi connectivity index (χ3n) is 2.86. The van der Waals surface area contributed by atoms with Crippen molar-refractivity contribution >= 4 is 11.3 Å². The minimum Gasteiger partial charge on any atom is -0.508 e. The molecular formula is C14H13N3O. The molecule has 0 amide bonds. The molecule has 0 spiro atoms. The Bertz CT molecular complexity index is 703. The number of anilines is 1. The Morgan fingerprint density at radius 3 is 2.89 bits per heavy atom. The molecule has 90 valence electrons. The summed E-state index contributed by atoms with van der Waals surface area (Å²) in [5, 5.41) is 9.43. The van der Waals surface area contributed by atoms with Crippen LogP contribution < -0.4 is 5.73 Å². The molecule has 1 aromatic carbocycles. The molecule has 4 nitrogen and oxygen atoms in total. The molecule has 0 unspecified atom stereocenters. The summed E-state index contributed by atoms with van der Waals surface area (Å²) in [7, 11) is 0. The first-order valence-electron chi connectivity index (χ1n) is 5.72. The third kappa shape index (κ3) is 1.88. The van der Waals surface area contributed by atoms with Gasteiger partial charge in [-0.15, -0.1) is 0 Å². The fraction of sp³-hybridized carbons (Fsp3) is 0.0714. The van der Waals surface area contributed by atoms with Crippen molar-refractivity contribution in [3.63, 3.8) is 0 Å². The van der Waals surface area contributed by atoms with Crippen LogP contribution in [0.5, 0.6) is 5.75 Å². The number of fused-ring (bicyclic) bond motifs is 1. The van der Waals surface area contributed by atoms with E-state index in [2.05, 4.69) is 4.98 Å². The van der Waals surface area contributed by atoms with Gasteiger partial charge in [-0.3, -0.25) is 0 Å². The van der Waals surface area contributed by atoms with Crippen LogP contribution in [0.25, 0.3) is 5.65 Å². The first-order chi connectivity index (χ1) is 8.72. The Morgan fingerprint density at radius 2 is 2.11 bits per heavy atom. The predicted octanol–water partition coefficient (Wildman–Crippen LogP) is 2.21. The molecule has 0 atom stereocenters. The fourth-order valence-corrected chi connectivity index (χ4v) is 2.05. The zero-order valence-electron chi connectivity index (χ0n) is 9.74. The fourth-order valence-electron chi connectivity index (χ4n) is 2.05. The van der Waals surface area contributed by atoms with Gasteiger partial charge < -0.3 is 15.2 Å². The Labute approximate surface area is 104 Å². The molecule has 0 radical (unpaired) electrons. The van der Waals surface area contributed by atoms with Crippen molar-refractivity contribution in [2.75, 3.05) is 5.73 Å². The number of imidazole rings is 1. The zero-order chi connectivity index (χ0) is 12.5. The van der Waals surface area contributed by atoms with Crippen LogP contribution in [-0.4, -0.2) is 14.5 Å². The zero-order valence-corrected chi connectivity index (χ0v) is 9.74. The minimum atomic E-state index is 0.274. The van der Waals surface area contributed by atoms with Crippen LogP contribution in [0.2, 0.25) is 0 Å². The number of rotatable bonds is 2. The van der Waals surface area contributed by atoms with Crippen LogP contribution in [0.3, 0.4) is 0 Å². The molecule has 2 aromatic heterocycles. The smallest absolute Gasteiger partial charge is 0.160 e. The van der Waals surface area contributed by atoms with Crippen LogP contribution in [0.15, 0.2) is 48.8 Å². The maximum atomic E-state index is 9.43. The van der Waals surface area contributed by atoms with Crippen molar-refractivity contribution in [3.8, 4) is 5.75 Å². The summed E-state index contributed by atoms with van der Waals surface area (Å²) in [6, 6.07) is 10.9. The van der Waals surface area contributed by atoms with E-state index >= 15 is 0 Å². The highest BCUT2D eigenvalue weighted by atomic mass is 16.3. The number of benzene rings is 1. The third-order valence-corrected chi connectivity index (χ3v) is 2.86. The van der Waals surface area contributed by atoms with Crippen molar-refractivity contribution in [1.29, 1.82) is 0 Å². The summed E-state index contributed by atoms with van der Waals surface area (Å²) >= 11 is 0. The van der Waals surface area contributed by atoms with Gasteiger partial charge >= 0.3 is 0 Å². The lowest BCUT2D eigenvalue weighted by Crippen LogP contribution is -1.90. The van der Waals surface area contributed by atoms with Crippen LogP contribution in [0.4, 0.5) is 5.69 Å². The van der Waals surface area contributed by atoms with Gasteiger partial charge in [-0.05, 0) is 29.8 Å². The first kappa shape index (κ1) is 10.7. The van der Waals surface area contributed by atoms with Crippen molar-refractivity contribution in [3.05, 3.63) is 60.0 Å². The van der Waals surface area contributed by atoms with Gasteiger partial charge in [0.25, 0.3) is 0 Å². The summed E-state index contributed by atoms with van der Waals surface area (Å²) in [4.78, 5) is 4.49. The van der Waals surface area contributed by atoms with Gasteiger partial charge in [0, 0.05) is 18.8 Å². The molecule has 0 fully saturated rings. The summed E-state index contributed by atoms with van der Waals surface area (Å²) < 4.78 is 1.91. The number of aromatic hydroxyl groups is 1.